The van der Waals surface area contributed by atoms with E-state index in [1.165, 1.54) is 36.4 Å². The first-order valence-corrected chi connectivity index (χ1v) is 13.6. The molecule has 40 heavy (non-hydrogen) atoms. The Hall–Kier alpha value is -3.09. The maximum Gasteiger partial charge on any atom is 3.00 e. The van der Waals surface area contributed by atoms with Crippen LogP contribution in [-0.4, -0.2) is 53.7 Å². The van der Waals surface area contributed by atoms with Gasteiger partial charge < -0.3 is 13.7 Å². The van der Waals surface area contributed by atoms with E-state index in [1.54, 1.807) is 0 Å². The van der Waals surface area contributed by atoms with Gasteiger partial charge in [-0.15, -0.1) is 0 Å². The molecule has 3 aromatic carbocycles. The number of nitro groups is 3. The van der Waals surface area contributed by atoms with E-state index in [4.69, 9.17) is 0 Å². The van der Waals surface area contributed by atoms with Crippen LogP contribution < -0.4 is 0 Å². The second-order valence-electron chi connectivity index (χ2n) is 6.54. The summed E-state index contributed by atoms with van der Waals surface area (Å²) in [6.45, 7) is 0. The number of hydrogen-bond donors (Lipinski definition) is 0. The summed E-state index contributed by atoms with van der Waals surface area (Å²) >= 11 is 0. The second kappa shape index (κ2) is 15.1. The van der Waals surface area contributed by atoms with Crippen molar-refractivity contribution in [2.24, 2.45) is 0 Å². The molecule has 0 aliphatic rings. The van der Waals surface area contributed by atoms with Gasteiger partial charge in [0.25, 0.3) is 17.1 Å². The third kappa shape index (κ3) is 11.2. The summed E-state index contributed by atoms with van der Waals surface area (Å²) in [5, 5.41) is 30.8. The molecule has 0 bridgehead atoms. The van der Waals surface area contributed by atoms with E-state index >= 15 is 0 Å². The van der Waals surface area contributed by atoms with Crippen LogP contribution in [0.25, 0.3) is 0 Å². The Kier molecular flexibility index (Phi) is 13.9. The van der Waals surface area contributed by atoms with E-state index in [0.29, 0.717) is 0 Å². The Bertz CT molecular complexity index is 1520. The van der Waals surface area contributed by atoms with Crippen molar-refractivity contribution < 1.29 is 93.6 Å². The Morgan fingerprint density at radius 3 is 0.725 bits per heavy atom. The molecule has 3 aromatic rings. The monoisotopic (exact) mass is 764 g/mol. The molecule has 215 valence electrons. The summed E-state index contributed by atoms with van der Waals surface area (Å²) in [5.41, 5.74) is -2.09. The minimum absolute atomic E-state index is 0. The molecule has 0 amide bonds. The molecule has 0 aromatic heterocycles. The van der Waals surface area contributed by atoms with Crippen LogP contribution in [0.5, 0.6) is 0 Å². The van der Waals surface area contributed by atoms with Crippen LogP contribution in [0.2, 0.25) is 0 Å². The Morgan fingerprint density at radius 1 is 0.425 bits per heavy atom. The van der Waals surface area contributed by atoms with Gasteiger partial charge in [-0.25, -0.2) is 25.3 Å². The second-order valence-corrected chi connectivity index (χ2v) is 10.6. The largest absolute Gasteiger partial charge is 3.00 e. The van der Waals surface area contributed by atoms with E-state index in [9.17, 15) is 69.3 Å². The normalized spacial score (nSPS) is 10.9. The minimum atomic E-state index is -4.77. The number of nitro benzene ring substituents is 3. The van der Waals surface area contributed by atoms with E-state index in [1.807, 2.05) is 0 Å². The standard InChI is InChI=1S/3C6H5NO5S.Gd/c3*8-7(9)5-3-1-2-4-6(5)13(10,11)12;/h3*1-4H,(H,10,11,12);/q;;;+3/p-3. The Balaban J connectivity index is 0.000000563. The summed E-state index contributed by atoms with van der Waals surface area (Å²) in [7, 11) is -14.3. The molecule has 0 heterocycles. The van der Waals surface area contributed by atoms with Crippen molar-refractivity contribution >= 4 is 47.4 Å². The number of hydrogen-bond acceptors (Lipinski definition) is 15. The fraction of sp³-hybridized carbons (Fsp3) is 0. The van der Waals surface area contributed by atoms with Crippen LogP contribution in [0.3, 0.4) is 0 Å². The Morgan fingerprint density at radius 2 is 0.600 bits per heavy atom. The van der Waals surface area contributed by atoms with E-state index in [2.05, 4.69) is 0 Å². The van der Waals surface area contributed by atoms with Crippen LogP contribution in [0, 0.1) is 70.3 Å². The van der Waals surface area contributed by atoms with Crippen LogP contribution in [-0.2, 0) is 30.4 Å². The molecule has 0 atom stereocenters. The van der Waals surface area contributed by atoms with Gasteiger partial charge in [-0.3, -0.25) is 30.3 Å². The van der Waals surface area contributed by atoms with Gasteiger partial charge >= 0.3 is 39.9 Å². The molecule has 0 saturated heterocycles. The SMILES string of the molecule is O=[N+]([O-])c1ccccc1S(=O)(=O)[O-].O=[N+]([O-])c1ccccc1S(=O)(=O)[O-].O=[N+]([O-])c1ccccc1S(=O)(=O)[O-].[Gd+3]. The topological polar surface area (TPSA) is 301 Å². The molecule has 22 heteroatoms. The van der Waals surface area contributed by atoms with Crippen molar-refractivity contribution in [3.63, 3.8) is 0 Å². The molecule has 0 spiro atoms. The maximum absolute atomic E-state index is 10.5. The van der Waals surface area contributed by atoms with Crippen molar-refractivity contribution in [3.8, 4) is 0 Å². The average Bonchev–Trinajstić information content (AvgIpc) is 2.83. The molecule has 3 rings (SSSR count). The van der Waals surface area contributed by atoms with Gasteiger partial charge in [0.2, 0.25) is 0 Å². The first kappa shape index (κ1) is 36.9. The third-order valence-corrected chi connectivity index (χ3v) is 6.65. The maximum atomic E-state index is 10.5. The van der Waals surface area contributed by atoms with Gasteiger partial charge in [-0.1, -0.05) is 36.4 Å². The number of rotatable bonds is 6. The predicted molar refractivity (Wildman–Crippen MR) is 123 cm³/mol. The smallest absolute Gasteiger partial charge is 0.744 e. The van der Waals surface area contributed by atoms with Crippen LogP contribution in [0.1, 0.15) is 0 Å². The summed E-state index contributed by atoms with van der Waals surface area (Å²) in [6.07, 6.45) is 0. The molecule has 0 fully saturated rings. The number of nitrogens with zero attached hydrogens (tertiary/aromatic N) is 3. The quantitative estimate of drug-likeness (QED) is 0.195. The minimum Gasteiger partial charge on any atom is -0.744 e. The van der Waals surface area contributed by atoms with Gasteiger partial charge in [0.15, 0.2) is 0 Å². The van der Waals surface area contributed by atoms with Crippen molar-refractivity contribution in [1.29, 1.82) is 0 Å². The number of benzene rings is 3. The van der Waals surface area contributed by atoms with Crippen LogP contribution >= 0.6 is 0 Å². The molecule has 0 saturated carbocycles. The van der Waals surface area contributed by atoms with Gasteiger partial charge in [0.05, 0.1) is 14.8 Å². The fourth-order valence-electron chi connectivity index (χ4n) is 2.46. The van der Waals surface area contributed by atoms with Gasteiger partial charge in [0, 0.05) is 18.2 Å². The van der Waals surface area contributed by atoms with E-state index in [0.717, 1.165) is 36.4 Å². The average molecular weight is 764 g/mol. The van der Waals surface area contributed by atoms with E-state index < -0.39 is 76.9 Å². The first-order chi connectivity index (χ1) is 17.8. The molecule has 0 aliphatic heterocycles. The zero-order chi connectivity index (χ0) is 30.2. The first-order valence-electron chi connectivity index (χ1n) is 9.36. The van der Waals surface area contributed by atoms with Crippen molar-refractivity contribution in [2.45, 2.75) is 14.7 Å². The molecule has 0 unspecified atom stereocenters. The summed E-state index contributed by atoms with van der Waals surface area (Å²) < 4.78 is 94.5. The van der Waals surface area contributed by atoms with Gasteiger partial charge in [-0.05, 0) is 18.2 Å². The van der Waals surface area contributed by atoms with Crippen molar-refractivity contribution in [1.82, 2.24) is 0 Å². The van der Waals surface area contributed by atoms with Crippen LogP contribution in [0.4, 0.5) is 17.1 Å². The van der Waals surface area contributed by atoms with Gasteiger partial charge in [0.1, 0.15) is 45.0 Å². The molecule has 1 radical (unpaired) electrons. The van der Waals surface area contributed by atoms with E-state index in [-0.39, 0.29) is 39.9 Å². The predicted octanol–water partition coefficient (Wildman–Crippen LogP) is 1.50. The Labute approximate surface area is 257 Å². The summed E-state index contributed by atoms with van der Waals surface area (Å²) in [4.78, 5) is 25.7. The molecule has 0 N–H and O–H groups in total. The third-order valence-electron chi connectivity index (χ3n) is 3.99. The van der Waals surface area contributed by atoms with Crippen LogP contribution in [0.15, 0.2) is 87.5 Å². The zero-order valence-corrected chi connectivity index (χ0v) is 23.7. The summed E-state index contributed by atoms with van der Waals surface area (Å²) in [5.74, 6) is 0. The zero-order valence-electron chi connectivity index (χ0n) is 19.0. The number of para-hydroxylation sites is 3. The van der Waals surface area contributed by atoms with Crippen molar-refractivity contribution in [2.75, 3.05) is 0 Å². The fourth-order valence-corrected chi connectivity index (χ4v) is 4.39. The molecular weight excluding hydrogens is 752 g/mol. The van der Waals surface area contributed by atoms with Gasteiger partial charge in [-0.2, -0.15) is 0 Å². The molecule has 18 nitrogen and oxygen atoms in total. The van der Waals surface area contributed by atoms with Crippen molar-refractivity contribution in [3.05, 3.63) is 103 Å². The molecule has 0 aliphatic carbocycles. The molecular formula is C18H12GdN3O15S3. The summed E-state index contributed by atoms with van der Waals surface area (Å²) in [6, 6.07) is 13.2.